The van der Waals surface area contributed by atoms with Crippen LogP contribution in [-0.2, 0) is 6.42 Å². The van der Waals surface area contributed by atoms with Gasteiger partial charge in [0.2, 0.25) is 0 Å². The molecule has 3 rings (SSSR count). The van der Waals surface area contributed by atoms with E-state index in [4.69, 9.17) is 0 Å². The molecule has 0 atom stereocenters. The average molecular weight is 306 g/mol. The zero-order chi connectivity index (χ0) is 16.2. The number of carbonyl (C=O) groups excluding carboxylic acids is 1. The molecule has 0 saturated heterocycles. The molecule has 0 bridgehead atoms. The number of aromatic nitrogens is 3. The molecule has 0 aliphatic carbocycles. The SMILES string of the molecule is CCc1ccccc1NC(=O)c1cn(-c2ccc(C)cc2)nn1. The van der Waals surface area contributed by atoms with Gasteiger partial charge >= 0.3 is 0 Å². The third kappa shape index (κ3) is 3.29. The third-order valence-electron chi connectivity index (χ3n) is 3.67. The number of amides is 1. The van der Waals surface area contributed by atoms with Crippen molar-refractivity contribution in [3.63, 3.8) is 0 Å². The van der Waals surface area contributed by atoms with Crippen LogP contribution in [-0.4, -0.2) is 20.9 Å². The van der Waals surface area contributed by atoms with E-state index in [-0.39, 0.29) is 11.6 Å². The number of nitrogens with one attached hydrogen (secondary N) is 1. The molecule has 0 fully saturated rings. The van der Waals surface area contributed by atoms with Crippen molar-refractivity contribution < 1.29 is 4.79 Å². The number of carbonyl (C=O) groups is 1. The molecule has 0 spiro atoms. The summed E-state index contributed by atoms with van der Waals surface area (Å²) in [5.74, 6) is -0.260. The Balaban J connectivity index is 1.80. The summed E-state index contributed by atoms with van der Waals surface area (Å²) in [6.07, 6.45) is 2.49. The number of benzene rings is 2. The predicted octanol–water partition coefficient (Wildman–Crippen LogP) is 3.39. The first-order valence-electron chi connectivity index (χ1n) is 7.56. The van der Waals surface area contributed by atoms with Crippen molar-refractivity contribution >= 4 is 11.6 Å². The molecule has 2 aromatic carbocycles. The molecule has 0 unspecified atom stereocenters. The van der Waals surface area contributed by atoms with E-state index in [0.717, 1.165) is 23.4 Å². The first kappa shape index (κ1) is 15.0. The van der Waals surface area contributed by atoms with Gasteiger partial charge in [-0.05, 0) is 37.1 Å². The minimum Gasteiger partial charge on any atom is -0.320 e. The summed E-state index contributed by atoms with van der Waals surface area (Å²) in [6, 6.07) is 15.6. The number of aryl methyl sites for hydroxylation is 2. The van der Waals surface area contributed by atoms with Crippen molar-refractivity contribution in [1.82, 2.24) is 15.0 Å². The monoisotopic (exact) mass is 306 g/mol. The molecule has 1 heterocycles. The Bertz CT molecular complexity index is 821. The van der Waals surface area contributed by atoms with Gasteiger partial charge in [0.25, 0.3) is 5.91 Å². The standard InChI is InChI=1S/C18H18N4O/c1-3-14-6-4-5-7-16(14)19-18(23)17-12-22(21-20-17)15-10-8-13(2)9-11-15/h4-12H,3H2,1-2H3,(H,19,23). The van der Waals surface area contributed by atoms with Gasteiger partial charge in [0, 0.05) is 5.69 Å². The molecule has 0 radical (unpaired) electrons. The van der Waals surface area contributed by atoms with Crippen molar-refractivity contribution in [2.75, 3.05) is 5.32 Å². The number of hydrogen-bond donors (Lipinski definition) is 1. The summed E-state index contributed by atoms with van der Waals surface area (Å²) in [7, 11) is 0. The Morgan fingerprint density at radius 1 is 1.13 bits per heavy atom. The molecule has 5 nitrogen and oxygen atoms in total. The van der Waals surface area contributed by atoms with Gasteiger partial charge in [-0.25, -0.2) is 4.68 Å². The molecular formula is C18H18N4O. The van der Waals surface area contributed by atoms with E-state index in [1.54, 1.807) is 10.9 Å². The van der Waals surface area contributed by atoms with E-state index in [0.29, 0.717) is 0 Å². The fourth-order valence-electron chi connectivity index (χ4n) is 2.33. The molecule has 1 aromatic heterocycles. The zero-order valence-electron chi connectivity index (χ0n) is 13.2. The summed E-state index contributed by atoms with van der Waals surface area (Å²) in [5.41, 5.74) is 4.23. The highest BCUT2D eigenvalue weighted by molar-refractivity contribution is 6.03. The summed E-state index contributed by atoms with van der Waals surface area (Å²) >= 11 is 0. The normalized spacial score (nSPS) is 10.5. The first-order valence-corrected chi connectivity index (χ1v) is 7.56. The van der Waals surface area contributed by atoms with Crippen LogP contribution in [0.2, 0.25) is 0 Å². The van der Waals surface area contributed by atoms with Crippen molar-refractivity contribution in [3.8, 4) is 5.69 Å². The van der Waals surface area contributed by atoms with Gasteiger partial charge in [0.15, 0.2) is 5.69 Å². The van der Waals surface area contributed by atoms with E-state index in [1.165, 1.54) is 5.56 Å². The van der Waals surface area contributed by atoms with Gasteiger partial charge in [0.1, 0.15) is 0 Å². The number of para-hydroxylation sites is 1. The van der Waals surface area contributed by atoms with Crippen LogP contribution in [0.4, 0.5) is 5.69 Å². The fourth-order valence-corrected chi connectivity index (χ4v) is 2.33. The van der Waals surface area contributed by atoms with E-state index in [1.807, 2.05) is 55.5 Å². The smallest absolute Gasteiger partial charge is 0.277 e. The molecule has 1 N–H and O–H groups in total. The van der Waals surface area contributed by atoms with E-state index in [2.05, 4.69) is 22.6 Å². The van der Waals surface area contributed by atoms with Gasteiger partial charge in [0.05, 0.1) is 11.9 Å². The average Bonchev–Trinajstić information content (AvgIpc) is 3.06. The van der Waals surface area contributed by atoms with Crippen LogP contribution in [0.25, 0.3) is 5.69 Å². The van der Waals surface area contributed by atoms with E-state index in [9.17, 15) is 4.79 Å². The zero-order valence-corrected chi connectivity index (χ0v) is 13.2. The topological polar surface area (TPSA) is 59.8 Å². The maximum atomic E-state index is 12.4. The molecule has 116 valence electrons. The molecule has 1 amide bonds. The molecule has 23 heavy (non-hydrogen) atoms. The fraction of sp³-hybridized carbons (Fsp3) is 0.167. The van der Waals surface area contributed by atoms with Crippen molar-refractivity contribution in [3.05, 3.63) is 71.5 Å². The quantitative estimate of drug-likeness (QED) is 0.803. The lowest BCUT2D eigenvalue weighted by atomic mass is 10.1. The third-order valence-corrected chi connectivity index (χ3v) is 3.67. The van der Waals surface area contributed by atoms with Gasteiger partial charge in [-0.3, -0.25) is 4.79 Å². The highest BCUT2D eigenvalue weighted by Crippen LogP contribution is 2.16. The second-order valence-corrected chi connectivity index (χ2v) is 5.35. The van der Waals surface area contributed by atoms with E-state index >= 15 is 0 Å². The largest absolute Gasteiger partial charge is 0.320 e. The van der Waals surface area contributed by atoms with Crippen LogP contribution < -0.4 is 5.32 Å². The second-order valence-electron chi connectivity index (χ2n) is 5.35. The van der Waals surface area contributed by atoms with Crippen LogP contribution >= 0.6 is 0 Å². The Morgan fingerprint density at radius 2 is 1.87 bits per heavy atom. The van der Waals surface area contributed by atoms with Crippen LogP contribution in [0.15, 0.2) is 54.7 Å². The van der Waals surface area contributed by atoms with Crippen molar-refractivity contribution in [2.24, 2.45) is 0 Å². The van der Waals surface area contributed by atoms with Gasteiger partial charge in [-0.2, -0.15) is 0 Å². The van der Waals surface area contributed by atoms with Crippen molar-refractivity contribution in [1.29, 1.82) is 0 Å². The Hall–Kier alpha value is -2.95. The lowest BCUT2D eigenvalue weighted by Crippen LogP contribution is -2.13. The van der Waals surface area contributed by atoms with Crippen LogP contribution in [0.3, 0.4) is 0 Å². The molecule has 0 aliphatic rings. The Labute approximate surface area is 135 Å². The molecule has 0 aliphatic heterocycles. The van der Waals surface area contributed by atoms with Gasteiger partial charge < -0.3 is 5.32 Å². The maximum Gasteiger partial charge on any atom is 0.277 e. The number of rotatable bonds is 4. The highest BCUT2D eigenvalue weighted by atomic mass is 16.2. The predicted molar refractivity (Wildman–Crippen MR) is 89.9 cm³/mol. The number of nitrogens with zero attached hydrogens (tertiary/aromatic N) is 3. The second kappa shape index (κ2) is 6.44. The lowest BCUT2D eigenvalue weighted by molar-refractivity contribution is 0.102. The molecule has 0 saturated carbocycles. The molecule has 5 heteroatoms. The summed E-state index contributed by atoms with van der Waals surface area (Å²) in [5, 5.41) is 10.9. The summed E-state index contributed by atoms with van der Waals surface area (Å²) < 4.78 is 1.60. The highest BCUT2D eigenvalue weighted by Gasteiger charge is 2.13. The first-order chi connectivity index (χ1) is 11.2. The lowest BCUT2D eigenvalue weighted by Gasteiger charge is -2.07. The van der Waals surface area contributed by atoms with Crippen molar-refractivity contribution in [2.45, 2.75) is 20.3 Å². The summed E-state index contributed by atoms with van der Waals surface area (Å²) in [4.78, 5) is 12.4. The maximum absolute atomic E-state index is 12.4. The number of anilines is 1. The van der Waals surface area contributed by atoms with Gasteiger partial charge in [-0.1, -0.05) is 48.0 Å². The number of hydrogen-bond acceptors (Lipinski definition) is 3. The van der Waals surface area contributed by atoms with Crippen LogP contribution in [0.1, 0.15) is 28.5 Å². The summed E-state index contributed by atoms with van der Waals surface area (Å²) in [6.45, 7) is 4.08. The van der Waals surface area contributed by atoms with Crippen LogP contribution in [0.5, 0.6) is 0 Å². The minimum absolute atomic E-state index is 0.260. The van der Waals surface area contributed by atoms with E-state index < -0.39 is 0 Å². The Kier molecular flexibility index (Phi) is 4.19. The molecule has 3 aromatic rings. The Morgan fingerprint density at radius 3 is 2.61 bits per heavy atom. The van der Waals surface area contributed by atoms with Gasteiger partial charge in [-0.15, -0.1) is 5.10 Å². The minimum atomic E-state index is -0.260. The molecular weight excluding hydrogens is 288 g/mol. The van der Waals surface area contributed by atoms with Crippen LogP contribution in [0, 0.1) is 6.92 Å².